The Morgan fingerprint density at radius 2 is 1.33 bits per heavy atom. The molecule has 0 aliphatic carbocycles. The molecule has 1 aliphatic rings. The largest absolute Gasteiger partial charge is 0.365 e. The minimum atomic E-state index is -1.06. The number of carbonyl (C=O) groups is 1. The fourth-order valence-electron chi connectivity index (χ4n) is 4.84. The van der Waals surface area contributed by atoms with Crippen molar-refractivity contribution in [3.05, 3.63) is 123 Å². The highest BCUT2D eigenvalue weighted by atomic mass is 79.9. The number of fused-ring (bicyclic) bond motifs is 2. The van der Waals surface area contributed by atoms with Gasteiger partial charge >= 0.3 is 0 Å². The van der Waals surface area contributed by atoms with E-state index in [4.69, 9.17) is 0 Å². The summed E-state index contributed by atoms with van der Waals surface area (Å²) in [6.45, 7) is 0. The van der Waals surface area contributed by atoms with Gasteiger partial charge in [0.1, 0.15) is 0 Å². The first-order chi connectivity index (χ1) is 16.1. The first-order valence-corrected chi connectivity index (χ1v) is 12.2. The van der Waals surface area contributed by atoms with Gasteiger partial charge in [-0.25, -0.2) is 0 Å². The molecule has 0 saturated heterocycles. The number of hydrogen-bond acceptors (Lipinski definition) is 2. The first-order valence-electron chi connectivity index (χ1n) is 10.6. The number of halogens is 2. The highest BCUT2D eigenvalue weighted by molar-refractivity contribution is 9.10. The van der Waals surface area contributed by atoms with E-state index in [0.29, 0.717) is 5.56 Å². The van der Waals surface area contributed by atoms with E-state index in [0.717, 1.165) is 47.9 Å². The molecule has 0 bridgehead atoms. The van der Waals surface area contributed by atoms with E-state index in [1.165, 1.54) is 0 Å². The van der Waals surface area contributed by atoms with Crippen molar-refractivity contribution in [3.63, 3.8) is 0 Å². The normalized spacial score (nSPS) is 17.2. The van der Waals surface area contributed by atoms with E-state index in [1.807, 2.05) is 72.8 Å². The number of aromatic nitrogens is 1. The predicted octanol–water partition coefficient (Wildman–Crippen LogP) is 7.91. The fraction of sp³-hybridized carbons (Fsp3) is 0.0357. The number of hydrogen-bond donors (Lipinski definition) is 2. The van der Waals surface area contributed by atoms with E-state index < -0.39 is 5.54 Å². The molecule has 0 radical (unpaired) electrons. The zero-order valence-corrected chi connectivity index (χ0v) is 20.6. The molecule has 2 N–H and O–H groups in total. The Bertz CT molecular complexity index is 1520. The van der Waals surface area contributed by atoms with Crippen molar-refractivity contribution in [1.29, 1.82) is 0 Å². The Hall–Kier alpha value is -3.15. The molecular formula is C28H18Br2N2O. The number of carbonyl (C=O) groups excluding carboxylic acids is 1. The highest BCUT2D eigenvalue weighted by Gasteiger charge is 2.50. The third kappa shape index (κ3) is 3.10. The van der Waals surface area contributed by atoms with Crippen LogP contribution in [-0.4, -0.2) is 10.8 Å². The van der Waals surface area contributed by atoms with Gasteiger partial charge in [-0.3, -0.25) is 4.79 Å². The van der Waals surface area contributed by atoms with E-state index in [1.54, 1.807) is 0 Å². The monoisotopic (exact) mass is 556 g/mol. The molecule has 1 aliphatic heterocycles. The lowest BCUT2D eigenvalue weighted by Crippen LogP contribution is -2.40. The summed E-state index contributed by atoms with van der Waals surface area (Å²) >= 11 is 7.09. The summed E-state index contributed by atoms with van der Waals surface area (Å²) in [5, 5.41) is 4.68. The molecule has 5 heteroatoms. The highest BCUT2D eigenvalue weighted by Crippen LogP contribution is 2.49. The minimum absolute atomic E-state index is 0.0449. The van der Waals surface area contributed by atoms with Crippen LogP contribution in [0.4, 0.5) is 5.69 Å². The first kappa shape index (κ1) is 20.5. The van der Waals surface area contributed by atoms with Crippen LogP contribution in [0.25, 0.3) is 22.2 Å². The van der Waals surface area contributed by atoms with Crippen molar-refractivity contribution in [2.45, 2.75) is 5.54 Å². The third-order valence-corrected chi connectivity index (χ3v) is 7.38. The molecule has 3 nitrogen and oxygen atoms in total. The maximum atomic E-state index is 14.3. The molecular weight excluding hydrogens is 540 g/mol. The Balaban J connectivity index is 1.73. The zero-order chi connectivity index (χ0) is 22.6. The van der Waals surface area contributed by atoms with Crippen LogP contribution in [0.2, 0.25) is 0 Å². The maximum Gasteiger partial charge on any atom is 0.199 e. The van der Waals surface area contributed by atoms with Crippen molar-refractivity contribution in [3.8, 4) is 11.3 Å². The van der Waals surface area contributed by atoms with Crippen LogP contribution in [0.1, 0.15) is 21.5 Å². The van der Waals surface area contributed by atoms with Gasteiger partial charge in [0, 0.05) is 36.7 Å². The van der Waals surface area contributed by atoms with Crippen molar-refractivity contribution in [1.82, 2.24) is 4.98 Å². The lowest BCUT2D eigenvalue weighted by atomic mass is 9.77. The predicted molar refractivity (Wildman–Crippen MR) is 141 cm³/mol. The molecule has 1 atom stereocenters. The number of ketones is 1. The summed E-state index contributed by atoms with van der Waals surface area (Å²) in [4.78, 5) is 17.9. The minimum Gasteiger partial charge on any atom is -0.365 e. The van der Waals surface area contributed by atoms with Crippen LogP contribution >= 0.6 is 31.9 Å². The van der Waals surface area contributed by atoms with E-state index in [2.05, 4.69) is 66.4 Å². The molecule has 33 heavy (non-hydrogen) atoms. The molecule has 0 fully saturated rings. The molecule has 0 spiro atoms. The lowest BCUT2D eigenvalue weighted by Gasteiger charge is -2.31. The molecule has 4 aromatic carbocycles. The number of anilines is 1. The average Bonchev–Trinajstić information content (AvgIpc) is 3.37. The summed E-state index contributed by atoms with van der Waals surface area (Å²) in [6, 6.07) is 32.1. The Morgan fingerprint density at radius 1 is 0.697 bits per heavy atom. The van der Waals surface area contributed by atoms with Gasteiger partial charge in [-0.15, -0.1) is 0 Å². The summed E-state index contributed by atoms with van der Waals surface area (Å²) in [6.07, 6.45) is 0. The molecule has 160 valence electrons. The Kier molecular flexibility index (Phi) is 4.78. The Labute approximate surface area is 208 Å². The van der Waals surface area contributed by atoms with Crippen LogP contribution in [0.5, 0.6) is 0 Å². The molecule has 6 rings (SSSR count). The van der Waals surface area contributed by atoms with Gasteiger partial charge in [-0.05, 0) is 53.6 Å². The van der Waals surface area contributed by atoms with Crippen LogP contribution < -0.4 is 5.32 Å². The SMILES string of the molecule is O=C1c2ccccc2NC1(c1ccc(Br)cc1)c1c(-c2ccc(Br)cc2)[nH]c2ccccc12. The van der Waals surface area contributed by atoms with E-state index in [-0.39, 0.29) is 5.78 Å². The number of benzene rings is 4. The number of nitrogens with one attached hydrogen (secondary N) is 2. The number of H-pyrrole nitrogens is 1. The van der Waals surface area contributed by atoms with Gasteiger partial charge in [-0.2, -0.15) is 0 Å². The van der Waals surface area contributed by atoms with Crippen molar-refractivity contribution in [2.75, 3.05) is 5.32 Å². The molecule has 1 aromatic heterocycles. The summed E-state index contributed by atoms with van der Waals surface area (Å²) in [7, 11) is 0. The summed E-state index contributed by atoms with van der Waals surface area (Å²) < 4.78 is 1.98. The van der Waals surface area contributed by atoms with Crippen LogP contribution in [0.3, 0.4) is 0 Å². The molecule has 2 heterocycles. The second kappa shape index (κ2) is 7.72. The number of rotatable bonds is 3. The second-order valence-electron chi connectivity index (χ2n) is 8.18. The lowest BCUT2D eigenvalue weighted by molar-refractivity contribution is 0.0942. The third-order valence-electron chi connectivity index (χ3n) is 6.33. The van der Waals surface area contributed by atoms with E-state index in [9.17, 15) is 4.79 Å². The van der Waals surface area contributed by atoms with Gasteiger partial charge in [0.05, 0.1) is 5.69 Å². The quantitative estimate of drug-likeness (QED) is 0.237. The van der Waals surface area contributed by atoms with Gasteiger partial charge in [-0.1, -0.05) is 86.5 Å². The van der Waals surface area contributed by atoms with Crippen molar-refractivity contribution >= 4 is 54.2 Å². The smallest absolute Gasteiger partial charge is 0.199 e. The topological polar surface area (TPSA) is 44.9 Å². The van der Waals surface area contributed by atoms with Gasteiger partial charge in [0.2, 0.25) is 0 Å². The number of aromatic amines is 1. The van der Waals surface area contributed by atoms with Gasteiger partial charge in [0.15, 0.2) is 11.3 Å². The molecule has 0 saturated carbocycles. The zero-order valence-electron chi connectivity index (χ0n) is 17.4. The second-order valence-corrected chi connectivity index (χ2v) is 10.0. The Morgan fingerprint density at radius 3 is 2.06 bits per heavy atom. The van der Waals surface area contributed by atoms with Crippen LogP contribution in [0.15, 0.2) is 106 Å². The van der Waals surface area contributed by atoms with E-state index >= 15 is 0 Å². The van der Waals surface area contributed by atoms with Gasteiger partial charge < -0.3 is 10.3 Å². The number of Topliss-reactive ketones (excluding diaryl/α,β-unsaturated/α-hetero) is 1. The van der Waals surface area contributed by atoms with Crippen molar-refractivity contribution in [2.24, 2.45) is 0 Å². The van der Waals surface area contributed by atoms with Crippen LogP contribution in [0, 0.1) is 0 Å². The van der Waals surface area contributed by atoms with Crippen LogP contribution in [-0.2, 0) is 5.54 Å². The average molecular weight is 558 g/mol. The summed E-state index contributed by atoms with van der Waals surface area (Å²) in [5.74, 6) is 0.0449. The van der Waals surface area contributed by atoms with Gasteiger partial charge in [0.25, 0.3) is 0 Å². The molecule has 1 unspecified atom stereocenters. The maximum absolute atomic E-state index is 14.3. The summed E-state index contributed by atoms with van der Waals surface area (Å²) in [5.41, 5.74) is 5.26. The fourth-order valence-corrected chi connectivity index (χ4v) is 5.37. The molecule has 5 aromatic rings. The van der Waals surface area contributed by atoms with Crippen molar-refractivity contribution < 1.29 is 4.79 Å². The standard InChI is InChI=1S/C28H18Br2N2O/c29-19-13-9-17(10-14-19)26-25(21-5-1-3-7-23(21)31-26)28(18-11-15-20(30)16-12-18)27(33)22-6-2-4-8-24(22)32-28/h1-16,31-32H. The number of para-hydroxylation sites is 2. The molecule has 0 amide bonds.